The number of nitrogens with two attached hydrogens (primary N) is 1. The minimum atomic E-state index is -1.26. The second-order valence-corrected chi connectivity index (χ2v) is 4.65. The molecule has 0 bridgehead atoms. The summed E-state index contributed by atoms with van der Waals surface area (Å²) in [6.45, 7) is 1.76. The van der Waals surface area contributed by atoms with Gasteiger partial charge in [0.1, 0.15) is 12.6 Å². The van der Waals surface area contributed by atoms with Crippen molar-refractivity contribution in [3.05, 3.63) is 0 Å². The first-order valence-corrected chi connectivity index (χ1v) is 6.45. The van der Waals surface area contributed by atoms with Crippen molar-refractivity contribution in [3.63, 3.8) is 0 Å². The molecule has 120 valence electrons. The zero-order valence-corrected chi connectivity index (χ0v) is 12.5. The standard InChI is InChI=1S/C12H22N4O5/c1-4-16(7-10(18)15(2)3)12(21)14-8(11(19)20)5-6-9(13)17/h8H,4-7H2,1-3H3,(H2,13,17)(H,14,21)(H,19,20). The Labute approximate surface area is 123 Å². The molecule has 0 saturated carbocycles. The maximum absolute atomic E-state index is 12.0. The molecule has 0 aromatic heterocycles. The number of rotatable bonds is 8. The van der Waals surface area contributed by atoms with Gasteiger partial charge in [-0.25, -0.2) is 9.59 Å². The third-order valence-corrected chi connectivity index (χ3v) is 2.77. The van der Waals surface area contributed by atoms with E-state index in [4.69, 9.17) is 10.8 Å². The molecular weight excluding hydrogens is 280 g/mol. The summed E-state index contributed by atoms with van der Waals surface area (Å²) in [5.74, 6) is -2.19. The lowest BCUT2D eigenvalue weighted by Gasteiger charge is -2.24. The Morgan fingerprint density at radius 2 is 1.81 bits per heavy atom. The third kappa shape index (κ3) is 7.14. The summed E-state index contributed by atoms with van der Waals surface area (Å²) in [7, 11) is 3.11. The molecule has 0 rings (SSSR count). The van der Waals surface area contributed by atoms with E-state index in [-0.39, 0.29) is 31.8 Å². The fraction of sp³-hybridized carbons (Fsp3) is 0.667. The van der Waals surface area contributed by atoms with Gasteiger partial charge in [0.05, 0.1) is 0 Å². The zero-order valence-electron chi connectivity index (χ0n) is 12.5. The van der Waals surface area contributed by atoms with E-state index in [1.165, 1.54) is 9.80 Å². The van der Waals surface area contributed by atoms with E-state index in [1.54, 1.807) is 21.0 Å². The van der Waals surface area contributed by atoms with Crippen LogP contribution in [0.4, 0.5) is 4.79 Å². The van der Waals surface area contributed by atoms with Gasteiger partial charge in [0.2, 0.25) is 11.8 Å². The second-order valence-electron chi connectivity index (χ2n) is 4.65. The van der Waals surface area contributed by atoms with Crippen molar-refractivity contribution in [1.82, 2.24) is 15.1 Å². The number of carbonyl (C=O) groups excluding carboxylic acids is 3. The zero-order chi connectivity index (χ0) is 16.6. The Kier molecular flexibility index (Phi) is 7.80. The number of hydrogen-bond acceptors (Lipinski definition) is 4. The normalized spacial score (nSPS) is 11.4. The van der Waals surface area contributed by atoms with Gasteiger partial charge >= 0.3 is 12.0 Å². The number of nitrogens with one attached hydrogen (secondary N) is 1. The van der Waals surface area contributed by atoms with Gasteiger partial charge in [0.25, 0.3) is 0 Å². The molecule has 0 fully saturated rings. The van der Waals surface area contributed by atoms with Crippen molar-refractivity contribution in [1.29, 1.82) is 0 Å². The predicted molar refractivity (Wildman–Crippen MR) is 74.3 cm³/mol. The minimum absolute atomic E-state index is 0.102. The first-order chi connectivity index (χ1) is 9.68. The van der Waals surface area contributed by atoms with Crippen LogP contribution in [0.3, 0.4) is 0 Å². The van der Waals surface area contributed by atoms with Gasteiger partial charge in [0, 0.05) is 27.1 Å². The molecule has 0 aromatic carbocycles. The van der Waals surface area contributed by atoms with Crippen molar-refractivity contribution in [2.75, 3.05) is 27.2 Å². The number of urea groups is 1. The number of aliphatic carboxylic acids is 1. The molecule has 9 heteroatoms. The SMILES string of the molecule is CCN(CC(=O)N(C)C)C(=O)NC(CCC(N)=O)C(=O)O. The van der Waals surface area contributed by atoms with Crippen molar-refractivity contribution in [3.8, 4) is 0 Å². The number of carbonyl (C=O) groups is 4. The van der Waals surface area contributed by atoms with Crippen LogP contribution >= 0.6 is 0 Å². The molecule has 0 radical (unpaired) electrons. The lowest BCUT2D eigenvalue weighted by atomic mass is 10.1. The number of nitrogens with zero attached hydrogens (tertiary/aromatic N) is 2. The minimum Gasteiger partial charge on any atom is -0.480 e. The summed E-state index contributed by atoms with van der Waals surface area (Å²) in [4.78, 5) is 47.8. The molecule has 0 aliphatic heterocycles. The number of amides is 4. The molecule has 1 atom stereocenters. The Bertz CT molecular complexity index is 410. The molecule has 21 heavy (non-hydrogen) atoms. The maximum atomic E-state index is 12.0. The van der Waals surface area contributed by atoms with Crippen molar-refractivity contribution in [2.45, 2.75) is 25.8 Å². The first-order valence-electron chi connectivity index (χ1n) is 6.45. The summed E-state index contributed by atoms with van der Waals surface area (Å²) < 4.78 is 0. The smallest absolute Gasteiger partial charge is 0.326 e. The van der Waals surface area contributed by atoms with E-state index in [9.17, 15) is 19.2 Å². The summed E-state index contributed by atoms with van der Waals surface area (Å²) in [6.07, 6.45) is -0.254. The van der Waals surface area contributed by atoms with Crippen LogP contribution in [-0.2, 0) is 14.4 Å². The Balaban J connectivity index is 4.66. The number of primary amides is 1. The highest BCUT2D eigenvalue weighted by molar-refractivity contribution is 5.86. The molecule has 4 amide bonds. The average Bonchev–Trinajstić information content (AvgIpc) is 2.39. The highest BCUT2D eigenvalue weighted by atomic mass is 16.4. The molecule has 1 unspecified atom stereocenters. The van der Waals surface area contributed by atoms with Gasteiger partial charge in [-0.2, -0.15) is 0 Å². The van der Waals surface area contributed by atoms with E-state index in [0.717, 1.165) is 0 Å². The Morgan fingerprint density at radius 3 is 2.19 bits per heavy atom. The van der Waals surface area contributed by atoms with Gasteiger partial charge in [-0.15, -0.1) is 0 Å². The van der Waals surface area contributed by atoms with Crippen molar-refractivity contribution < 1.29 is 24.3 Å². The molecule has 4 N–H and O–H groups in total. The highest BCUT2D eigenvalue weighted by Gasteiger charge is 2.24. The first kappa shape index (κ1) is 18.7. The largest absolute Gasteiger partial charge is 0.480 e. The molecule has 0 aliphatic rings. The van der Waals surface area contributed by atoms with Gasteiger partial charge in [-0.1, -0.05) is 0 Å². The fourth-order valence-electron chi connectivity index (χ4n) is 1.42. The number of carboxylic acids is 1. The van der Waals surface area contributed by atoms with Crippen molar-refractivity contribution >= 4 is 23.8 Å². The monoisotopic (exact) mass is 302 g/mol. The Hall–Kier alpha value is -2.32. The lowest BCUT2D eigenvalue weighted by Crippen LogP contribution is -2.50. The van der Waals surface area contributed by atoms with Gasteiger partial charge in [0.15, 0.2) is 0 Å². The average molecular weight is 302 g/mol. The van der Waals surface area contributed by atoms with Crippen molar-refractivity contribution in [2.24, 2.45) is 5.73 Å². The van der Waals surface area contributed by atoms with Crippen LogP contribution in [0.1, 0.15) is 19.8 Å². The molecule has 0 aromatic rings. The summed E-state index contributed by atoms with van der Waals surface area (Å²) in [5, 5.41) is 11.3. The van der Waals surface area contributed by atoms with E-state index in [0.29, 0.717) is 0 Å². The lowest BCUT2D eigenvalue weighted by molar-refractivity contribution is -0.139. The summed E-state index contributed by atoms with van der Waals surface area (Å²) >= 11 is 0. The molecule has 0 heterocycles. The maximum Gasteiger partial charge on any atom is 0.326 e. The highest BCUT2D eigenvalue weighted by Crippen LogP contribution is 2.00. The topological polar surface area (TPSA) is 133 Å². The molecule has 0 aliphatic carbocycles. The Morgan fingerprint density at radius 1 is 1.24 bits per heavy atom. The summed E-state index contributed by atoms with van der Waals surface area (Å²) in [6, 6.07) is -1.90. The molecule has 0 spiro atoms. The van der Waals surface area contributed by atoms with E-state index in [1.807, 2.05) is 0 Å². The summed E-state index contributed by atoms with van der Waals surface area (Å²) in [5.41, 5.74) is 4.95. The van der Waals surface area contributed by atoms with Gasteiger partial charge in [-0.3, -0.25) is 9.59 Å². The quantitative estimate of drug-likeness (QED) is 0.519. The molecule has 0 saturated heterocycles. The van der Waals surface area contributed by atoms with Crippen LogP contribution in [0.15, 0.2) is 0 Å². The van der Waals surface area contributed by atoms with Gasteiger partial charge < -0.3 is 26.0 Å². The van der Waals surface area contributed by atoms with Crippen LogP contribution in [0.2, 0.25) is 0 Å². The van der Waals surface area contributed by atoms with Crippen LogP contribution in [0, 0.1) is 0 Å². The second kappa shape index (κ2) is 8.77. The molecule has 9 nitrogen and oxygen atoms in total. The van der Waals surface area contributed by atoms with Gasteiger partial charge in [-0.05, 0) is 13.3 Å². The predicted octanol–water partition coefficient (Wildman–Crippen LogP) is -1.18. The van der Waals surface area contributed by atoms with Crippen LogP contribution in [0.5, 0.6) is 0 Å². The van der Waals surface area contributed by atoms with E-state index >= 15 is 0 Å². The number of likely N-dealkylation sites (N-methyl/N-ethyl adjacent to an activating group) is 2. The number of hydrogen-bond donors (Lipinski definition) is 3. The number of carboxylic acid groups (broad SMARTS) is 1. The van der Waals surface area contributed by atoms with Crippen LogP contribution in [-0.4, -0.2) is 71.9 Å². The van der Waals surface area contributed by atoms with Crippen LogP contribution < -0.4 is 11.1 Å². The van der Waals surface area contributed by atoms with Crippen LogP contribution in [0.25, 0.3) is 0 Å². The third-order valence-electron chi connectivity index (χ3n) is 2.77. The van der Waals surface area contributed by atoms with E-state index < -0.39 is 23.9 Å². The van der Waals surface area contributed by atoms with E-state index in [2.05, 4.69) is 5.32 Å². The molecular formula is C12H22N4O5. The fourth-order valence-corrected chi connectivity index (χ4v) is 1.42.